The monoisotopic (exact) mass is 299 g/mol. The van der Waals surface area contributed by atoms with Crippen molar-refractivity contribution in [3.8, 4) is 0 Å². The van der Waals surface area contributed by atoms with Gasteiger partial charge in [0.1, 0.15) is 0 Å². The molecule has 0 atom stereocenters. The van der Waals surface area contributed by atoms with Gasteiger partial charge >= 0.3 is 0 Å². The molecule has 114 valence electrons. The van der Waals surface area contributed by atoms with Crippen LogP contribution in [0.5, 0.6) is 0 Å². The highest BCUT2D eigenvalue weighted by molar-refractivity contribution is 5.85. The van der Waals surface area contributed by atoms with Crippen molar-refractivity contribution in [1.29, 1.82) is 0 Å². The van der Waals surface area contributed by atoms with Crippen molar-refractivity contribution in [2.75, 3.05) is 0 Å². The molecule has 0 bridgehead atoms. The van der Waals surface area contributed by atoms with Crippen LogP contribution in [-0.2, 0) is 11.0 Å². The Hall–Kier alpha value is -0.610. The van der Waals surface area contributed by atoms with Crippen LogP contribution in [0.3, 0.4) is 0 Å². The lowest BCUT2D eigenvalue weighted by atomic mass is 9.64. The molecule has 0 aliphatic heterocycles. The van der Waals surface area contributed by atoms with E-state index in [1.54, 1.807) is 0 Å². The molecule has 1 heterocycles. The Kier molecular flexibility index (Phi) is 4.45. The number of halogens is 1. The Morgan fingerprint density at radius 3 is 2.30 bits per heavy atom. The average Bonchev–Trinajstić information content (AvgIpc) is 2.92. The molecular weight excluding hydrogens is 274 g/mol. The van der Waals surface area contributed by atoms with E-state index in [1.807, 2.05) is 0 Å². The summed E-state index contributed by atoms with van der Waals surface area (Å²) >= 11 is 0. The molecule has 0 spiro atoms. The van der Waals surface area contributed by atoms with E-state index < -0.39 is 0 Å². The molecule has 0 amide bonds. The second-order valence-corrected chi connectivity index (χ2v) is 7.02. The summed E-state index contributed by atoms with van der Waals surface area (Å²) in [7, 11) is 0. The van der Waals surface area contributed by atoms with Gasteiger partial charge in [-0.05, 0) is 38.0 Å². The molecule has 2 aliphatic rings. The second-order valence-electron chi connectivity index (χ2n) is 7.02. The van der Waals surface area contributed by atoms with Crippen molar-refractivity contribution in [1.82, 2.24) is 10.1 Å². The zero-order valence-corrected chi connectivity index (χ0v) is 13.3. The van der Waals surface area contributed by atoms with E-state index in [0.29, 0.717) is 5.92 Å². The van der Waals surface area contributed by atoms with E-state index in [-0.39, 0.29) is 23.4 Å². The summed E-state index contributed by atoms with van der Waals surface area (Å²) in [6.45, 7) is 4.53. The van der Waals surface area contributed by atoms with Gasteiger partial charge < -0.3 is 10.3 Å². The summed E-state index contributed by atoms with van der Waals surface area (Å²) in [5.74, 6) is 2.25. The van der Waals surface area contributed by atoms with E-state index in [2.05, 4.69) is 19.0 Å². The van der Waals surface area contributed by atoms with Gasteiger partial charge in [0.15, 0.2) is 5.82 Å². The van der Waals surface area contributed by atoms with E-state index >= 15 is 0 Å². The Morgan fingerprint density at radius 2 is 1.80 bits per heavy atom. The van der Waals surface area contributed by atoms with Crippen LogP contribution >= 0.6 is 12.4 Å². The quantitative estimate of drug-likeness (QED) is 0.921. The third-order valence-electron chi connectivity index (χ3n) is 4.93. The maximum absolute atomic E-state index is 6.41. The molecule has 20 heavy (non-hydrogen) atoms. The molecule has 1 aromatic rings. The van der Waals surface area contributed by atoms with E-state index in [1.165, 1.54) is 32.1 Å². The zero-order chi connectivity index (χ0) is 13.5. The molecule has 2 saturated carbocycles. The number of nitrogens with zero attached hydrogens (tertiary/aromatic N) is 2. The van der Waals surface area contributed by atoms with Gasteiger partial charge in [0.05, 0.1) is 5.54 Å². The molecule has 0 aromatic carbocycles. The maximum atomic E-state index is 6.41. The minimum Gasteiger partial charge on any atom is -0.339 e. The van der Waals surface area contributed by atoms with Gasteiger partial charge in [-0.15, -0.1) is 12.4 Å². The normalized spacial score (nSPS) is 23.4. The molecule has 2 aliphatic carbocycles. The van der Waals surface area contributed by atoms with Crippen LogP contribution in [0.4, 0.5) is 0 Å². The lowest BCUT2D eigenvalue weighted by molar-refractivity contribution is 0.144. The first-order valence-corrected chi connectivity index (χ1v) is 7.68. The van der Waals surface area contributed by atoms with Crippen molar-refractivity contribution >= 4 is 12.4 Å². The minimum atomic E-state index is -0.329. The average molecular weight is 300 g/mol. The lowest BCUT2D eigenvalue weighted by Crippen LogP contribution is -2.37. The van der Waals surface area contributed by atoms with Gasteiger partial charge in [-0.25, -0.2) is 0 Å². The van der Waals surface area contributed by atoms with Gasteiger partial charge in [0.2, 0.25) is 5.89 Å². The maximum Gasteiger partial charge on any atom is 0.232 e. The smallest absolute Gasteiger partial charge is 0.232 e. The van der Waals surface area contributed by atoms with Crippen LogP contribution in [0, 0.1) is 5.92 Å². The Labute approximate surface area is 127 Å². The number of nitrogens with two attached hydrogens (primary N) is 1. The zero-order valence-electron chi connectivity index (χ0n) is 12.5. The largest absolute Gasteiger partial charge is 0.339 e. The first kappa shape index (κ1) is 15.8. The Morgan fingerprint density at radius 1 is 1.15 bits per heavy atom. The van der Waals surface area contributed by atoms with Crippen molar-refractivity contribution in [3.05, 3.63) is 11.7 Å². The number of rotatable bonds is 4. The van der Waals surface area contributed by atoms with Crippen LogP contribution in [0.25, 0.3) is 0 Å². The molecule has 0 saturated heterocycles. The fourth-order valence-corrected chi connectivity index (χ4v) is 3.76. The van der Waals surface area contributed by atoms with Crippen LogP contribution in [0.2, 0.25) is 0 Å². The van der Waals surface area contributed by atoms with E-state index in [4.69, 9.17) is 15.2 Å². The van der Waals surface area contributed by atoms with Crippen LogP contribution < -0.4 is 5.73 Å². The van der Waals surface area contributed by atoms with Crippen LogP contribution in [-0.4, -0.2) is 10.1 Å². The molecule has 2 fully saturated rings. The summed E-state index contributed by atoms with van der Waals surface area (Å²) < 4.78 is 5.61. The summed E-state index contributed by atoms with van der Waals surface area (Å²) in [6.07, 6.45) is 9.13. The Balaban J connectivity index is 0.00000147. The number of hydrogen-bond donors (Lipinski definition) is 1. The second kappa shape index (κ2) is 5.64. The predicted molar refractivity (Wildman–Crippen MR) is 80.9 cm³/mol. The van der Waals surface area contributed by atoms with Gasteiger partial charge in [-0.2, -0.15) is 4.98 Å². The topological polar surface area (TPSA) is 64.9 Å². The van der Waals surface area contributed by atoms with Crippen LogP contribution in [0.15, 0.2) is 4.52 Å². The van der Waals surface area contributed by atoms with Crippen molar-refractivity contribution in [3.63, 3.8) is 0 Å². The fraction of sp³-hybridized carbons (Fsp3) is 0.867. The first-order chi connectivity index (χ1) is 9.04. The van der Waals surface area contributed by atoms with Gasteiger partial charge in [-0.1, -0.05) is 38.3 Å². The third kappa shape index (κ3) is 2.60. The highest BCUT2D eigenvalue weighted by Crippen LogP contribution is 2.48. The summed E-state index contributed by atoms with van der Waals surface area (Å²) in [4.78, 5) is 4.71. The third-order valence-corrected chi connectivity index (χ3v) is 4.93. The highest BCUT2D eigenvalue weighted by Gasteiger charge is 2.45. The van der Waals surface area contributed by atoms with Crippen LogP contribution in [0.1, 0.15) is 76.9 Å². The molecule has 3 rings (SSSR count). The predicted octanol–water partition coefficient (Wildman–Crippen LogP) is 3.69. The van der Waals surface area contributed by atoms with Gasteiger partial charge in [-0.3, -0.25) is 0 Å². The Bertz CT molecular complexity index is 448. The number of aromatic nitrogens is 2. The van der Waals surface area contributed by atoms with Crippen molar-refractivity contribution in [2.24, 2.45) is 11.7 Å². The van der Waals surface area contributed by atoms with Crippen molar-refractivity contribution in [2.45, 2.75) is 76.2 Å². The molecule has 1 aromatic heterocycles. The molecule has 0 radical (unpaired) electrons. The first-order valence-electron chi connectivity index (χ1n) is 7.68. The summed E-state index contributed by atoms with van der Waals surface area (Å²) in [5.41, 5.74) is 6.23. The van der Waals surface area contributed by atoms with Gasteiger partial charge in [0.25, 0.3) is 0 Å². The number of hydrogen-bond acceptors (Lipinski definition) is 4. The fourth-order valence-electron chi connectivity index (χ4n) is 3.76. The standard InChI is InChI=1S/C15H25N3O.ClH/c1-11(2)10-14(6-5-7-14)13-17-12(18-19-13)15(16)8-3-4-9-15;/h11H,3-10,16H2,1-2H3;1H. The summed E-state index contributed by atoms with van der Waals surface area (Å²) in [6, 6.07) is 0. The lowest BCUT2D eigenvalue weighted by Gasteiger charge is -2.39. The summed E-state index contributed by atoms with van der Waals surface area (Å²) in [5, 5.41) is 4.21. The molecule has 0 unspecified atom stereocenters. The van der Waals surface area contributed by atoms with E-state index in [9.17, 15) is 0 Å². The molecule has 5 heteroatoms. The minimum absolute atomic E-state index is 0. The molecule has 2 N–H and O–H groups in total. The van der Waals surface area contributed by atoms with Crippen molar-refractivity contribution < 1.29 is 4.52 Å². The SMILES string of the molecule is CC(C)CC1(c2nc(C3(N)CCCC3)no2)CCC1.Cl. The van der Waals surface area contributed by atoms with E-state index in [0.717, 1.165) is 31.0 Å². The van der Waals surface area contributed by atoms with Gasteiger partial charge in [0, 0.05) is 5.41 Å². The molecule has 4 nitrogen and oxygen atoms in total. The molecular formula is C15H26ClN3O. The highest BCUT2D eigenvalue weighted by atomic mass is 35.5.